The summed E-state index contributed by atoms with van der Waals surface area (Å²) in [7, 11) is 0. The number of benzene rings is 2. The van der Waals surface area contributed by atoms with Gasteiger partial charge in [-0.2, -0.15) is 0 Å². The van der Waals surface area contributed by atoms with E-state index in [4.69, 9.17) is 10.5 Å². The number of carbonyl (C=O) groups is 2. The highest BCUT2D eigenvalue weighted by Crippen LogP contribution is 2.49. The molecule has 2 N–H and O–H groups in total. The number of amides is 1. The maximum absolute atomic E-state index is 13.3. The Bertz CT molecular complexity index is 1150. The zero-order chi connectivity index (χ0) is 25.2. The van der Waals surface area contributed by atoms with Crippen molar-refractivity contribution in [1.82, 2.24) is 4.57 Å². The molecule has 0 aliphatic heterocycles. The van der Waals surface area contributed by atoms with Crippen LogP contribution in [0.1, 0.15) is 63.0 Å². The lowest BCUT2D eigenvalue weighted by Crippen LogP contribution is -3.00. The molecule has 1 aliphatic carbocycles. The number of primary amides is 1. The molecule has 1 saturated carbocycles. The number of rotatable bonds is 7. The monoisotopic (exact) mass is 553 g/mol. The largest absolute Gasteiger partial charge is 1.00 e. The highest BCUT2D eigenvalue weighted by molar-refractivity contribution is 5.91. The summed E-state index contributed by atoms with van der Waals surface area (Å²) < 4.78 is 9.65. The number of nitrogens with zero attached hydrogens (tertiary/aromatic N) is 2. The van der Waals surface area contributed by atoms with Crippen molar-refractivity contribution in [2.24, 2.45) is 11.7 Å². The maximum atomic E-state index is 13.3. The zero-order valence-corrected chi connectivity index (χ0v) is 23.1. The summed E-state index contributed by atoms with van der Waals surface area (Å²) in [6, 6.07) is 20.1. The first kappa shape index (κ1) is 27.7. The van der Waals surface area contributed by atoms with Crippen molar-refractivity contribution in [3.63, 3.8) is 0 Å². The highest BCUT2D eigenvalue weighted by Gasteiger charge is 2.51. The Kier molecular flexibility index (Phi) is 8.44. The smallest absolute Gasteiger partial charge is 0.349 e. The Hall–Kier alpha value is -2.93. The molecule has 0 saturated heterocycles. The normalized spacial score (nSPS) is 17.9. The summed E-state index contributed by atoms with van der Waals surface area (Å²) in [5.41, 5.74) is 6.70. The third kappa shape index (κ3) is 5.41. The van der Waals surface area contributed by atoms with E-state index in [1.807, 2.05) is 105 Å². The minimum Gasteiger partial charge on any atom is -1.00 e. The van der Waals surface area contributed by atoms with Crippen LogP contribution in [-0.4, -0.2) is 22.0 Å². The van der Waals surface area contributed by atoms with Crippen LogP contribution < -0.4 is 27.3 Å². The van der Waals surface area contributed by atoms with Crippen molar-refractivity contribution in [1.29, 1.82) is 0 Å². The molecule has 1 heterocycles. The molecule has 2 aromatic carbocycles. The Morgan fingerprint density at radius 3 is 2.06 bits per heavy atom. The van der Waals surface area contributed by atoms with Gasteiger partial charge in [0.2, 0.25) is 5.91 Å². The fraction of sp³-hybridized carbons (Fsp3) is 0.414. The summed E-state index contributed by atoms with van der Waals surface area (Å²) >= 11 is 0. The Labute approximate surface area is 224 Å². The lowest BCUT2D eigenvalue weighted by Gasteiger charge is -2.37. The third-order valence-electron chi connectivity index (χ3n) is 7.17. The predicted molar refractivity (Wildman–Crippen MR) is 134 cm³/mol. The van der Waals surface area contributed by atoms with Crippen LogP contribution in [0, 0.1) is 12.8 Å². The van der Waals surface area contributed by atoms with E-state index in [0.717, 1.165) is 36.2 Å². The molecule has 0 spiro atoms. The second-order valence-corrected chi connectivity index (χ2v) is 10.5. The van der Waals surface area contributed by atoms with E-state index < -0.39 is 11.0 Å². The molecule has 1 aliphatic rings. The average Bonchev–Trinajstić information content (AvgIpc) is 3.42. The maximum Gasteiger partial charge on any atom is 0.349 e. The van der Waals surface area contributed by atoms with Crippen LogP contribution in [0.2, 0.25) is 0 Å². The van der Waals surface area contributed by atoms with Crippen LogP contribution in [0.3, 0.4) is 0 Å². The van der Waals surface area contributed by atoms with E-state index in [2.05, 4.69) is 4.57 Å². The minimum atomic E-state index is -0.898. The molecular weight excluding hydrogens is 518 g/mol. The van der Waals surface area contributed by atoms with Gasteiger partial charge in [-0.3, -0.25) is 4.79 Å². The predicted octanol–water partition coefficient (Wildman–Crippen LogP) is 1.24. The molecule has 4 rings (SSSR count). The van der Waals surface area contributed by atoms with Gasteiger partial charge in [0, 0.05) is 6.92 Å². The zero-order valence-electron chi connectivity index (χ0n) is 21.5. The van der Waals surface area contributed by atoms with Gasteiger partial charge in [-0.15, -0.1) is 0 Å². The van der Waals surface area contributed by atoms with Gasteiger partial charge in [-0.1, -0.05) is 60.7 Å². The van der Waals surface area contributed by atoms with E-state index in [-0.39, 0.29) is 47.4 Å². The molecule has 7 heteroatoms. The number of esters is 1. The van der Waals surface area contributed by atoms with Gasteiger partial charge < -0.3 is 27.5 Å². The van der Waals surface area contributed by atoms with Gasteiger partial charge in [0.25, 0.3) is 5.82 Å². The standard InChI is InChI=1S/C29H35N3O3.BrH/c1-21-31(20-26(33)35-28(2,3)4)17-18-32(21)25-16-15-24(19-25)29(27(30)34,22-11-7-5-8-12-22)23-13-9-6-10-14-23;/h5-14,17-18,24-25H,15-16,19-20H2,1-4H3,(H-,30,34);1H. The molecule has 3 aromatic rings. The fourth-order valence-corrected chi connectivity index (χ4v) is 5.71. The lowest BCUT2D eigenvalue weighted by molar-refractivity contribution is -0.691. The topological polar surface area (TPSA) is 78.2 Å². The van der Waals surface area contributed by atoms with Gasteiger partial charge in [-0.25, -0.2) is 13.9 Å². The number of nitrogens with two attached hydrogens (primary N) is 1. The molecule has 1 amide bonds. The summed E-state index contributed by atoms with van der Waals surface area (Å²) in [6.07, 6.45) is 6.59. The van der Waals surface area contributed by atoms with E-state index in [9.17, 15) is 9.59 Å². The van der Waals surface area contributed by atoms with E-state index in [1.165, 1.54) is 0 Å². The average molecular weight is 555 g/mol. The summed E-state index contributed by atoms with van der Waals surface area (Å²) in [5, 5.41) is 0. The number of hydrogen-bond donors (Lipinski definition) is 1. The first-order valence-corrected chi connectivity index (χ1v) is 12.3. The molecule has 192 valence electrons. The van der Waals surface area contributed by atoms with Gasteiger partial charge in [0.05, 0.1) is 0 Å². The van der Waals surface area contributed by atoms with Crippen molar-refractivity contribution in [3.8, 4) is 0 Å². The number of hydrogen-bond acceptors (Lipinski definition) is 3. The quantitative estimate of drug-likeness (QED) is 0.353. The molecule has 1 aromatic heterocycles. The first-order chi connectivity index (χ1) is 16.6. The number of ether oxygens (including phenoxy) is 1. The number of carbonyl (C=O) groups excluding carboxylic acids is 2. The fourth-order valence-electron chi connectivity index (χ4n) is 5.71. The minimum absolute atomic E-state index is 0. The molecular formula is C29H36BrN3O3. The van der Waals surface area contributed by atoms with E-state index in [0.29, 0.717) is 0 Å². The number of imidazole rings is 1. The van der Waals surface area contributed by atoms with Crippen molar-refractivity contribution in [2.45, 2.75) is 70.6 Å². The summed E-state index contributed by atoms with van der Waals surface area (Å²) in [6.45, 7) is 7.81. The van der Waals surface area contributed by atoms with Crippen LogP contribution in [0.15, 0.2) is 73.1 Å². The highest BCUT2D eigenvalue weighted by atomic mass is 79.9. The molecule has 0 bridgehead atoms. The van der Waals surface area contributed by atoms with Crippen LogP contribution in [-0.2, 0) is 26.3 Å². The molecule has 36 heavy (non-hydrogen) atoms. The molecule has 0 radical (unpaired) electrons. The van der Waals surface area contributed by atoms with Gasteiger partial charge in [-0.05, 0) is 57.1 Å². The van der Waals surface area contributed by atoms with Crippen LogP contribution in [0.5, 0.6) is 0 Å². The van der Waals surface area contributed by atoms with Crippen LogP contribution in [0.25, 0.3) is 0 Å². The molecule has 1 fully saturated rings. The Morgan fingerprint density at radius 1 is 1.00 bits per heavy atom. The second kappa shape index (κ2) is 11.0. The summed E-state index contributed by atoms with van der Waals surface area (Å²) in [5.74, 6) is 0.472. The van der Waals surface area contributed by atoms with Gasteiger partial charge in [0.15, 0.2) is 6.54 Å². The van der Waals surface area contributed by atoms with E-state index in [1.54, 1.807) is 0 Å². The van der Waals surface area contributed by atoms with Crippen molar-refractivity contribution < 1.29 is 35.9 Å². The Balaban J connectivity index is 0.00000361. The number of aromatic nitrogens is 2. The lowest BCUT2D eigenvalue weighted by atomic mass is 9.64. The Morgan fingerprint density at radius 2 is 1.56 bits per heavy atom. The number of halogens is 1. The third-order valence-corrected chi connectivity index (χ3v) is 7.17. The van der Waals surface area contributed by atoms with Gasteiger partial charge in [0.1, 0.15) is 29.5 Å². The summed E-state index contributed by atoms with van der Waals surface area (Å²) in [4.78, 5) is 25.7. The second-order valence-electron chi connectivity index (χ2n) is 10.5. The van der Waals surface area contributed by atoms with Gasteiger partial charge >= 0.3 is 5.97 Å². The first-order valence-electron chi connectivity index (χ1n) is 12.3. The van der Waals surface area contributed by atoms with E-state index >= 15 is 0 Å². The van der Waals surface area contributed by atoms with Crippen molar-refractivity contribution in [2.75, 3.05) is 0 Å². The van der Waals surface area contributed by atoms with Crippen LogP contribution in [0.4, 0.5) is 0 Å². The SMILES string of the molecule is Cc1n(C2CCC(C(C(N)=O)(c3ccccc3)c3ccccc3)C2)cc[n+]1CC(=O)OC(C)(C)C.[Br-]. The molecule has 2 atom stereocenters. The van der Waals surface area contributed by atoms with Crippen molar-refractivity contribution >= 4 is 11.9 Å². The molecule has 2 unspecified atom stereocenters. The van der Waals surface area contributed by atoms with Crippen molar-refractivity contribution in [3.05, 3.63) is 90.0 Å². The van der Waals surface area contributed by atoms with Crippen LogP contribution >= 0.6 is 0 Å². The molecule has 6 nitrogen and oxygen atoms in total.